The van der Waals surface area contributed by atoms with Gasteiger partial charge < -0.3 is 24.4 Å². The second-order valence-corrected chi connectivity index (χ2v) is 8.49. The average Bonchev–Trinajstić information content (AvgIpc) is 3.09. The second-order valence-electron chi connectivity index (χ2n) is 8.49. The van der Waals surface area contributed by atoms with Crippen LogP contribution in [0.4, 0.5) is 0 Å². The van der Waals surface area contributed by atoms with E-state index in [0.717, 1.165) is 13.1 Å². The molecular formula is C27H35ClN2O5. The lowest BCUT2D eigenvalue weighted by molar-refractivity contribution is -0.140. The first kappa shape index (κ1) is 28.2. The zero-order valence-electron chi connectivity index (χ0n) is 21.0. The second kappa shape index (κ2) is 12.6. The number of nitrogens with zero attached hydrogens (tertiary/aromatic N) is 2. The molecule has 2 aromatic carbocycles. The van der Waals surface area contributed by atoms with E-state index in [2.05, 4.69) is 18.7 Å². The quantitative estimate of drug-likeness (QED) is 0.289. The van der Waals surface area contributed by atoms with Gasteiger partial charge >= 0.3 is 0 Å². The van der Waals surface area contributed by atoms with Crippen molar-refractivity contribution in [2.24, 2.45) is 0 Å². The third-order valence-electron chi connectivity index (χ3n) is 6.00. The van der Waals surface area contributed by atoms with Crippen molar-refractivity contribution in [3.05, 3.63) is 65.2 Å². The molecule has 1 aliphatic rings. The molecule has 1 amide bonds. The lowest BCUT2D eigenvalue weighted by atomic mass is 9.95. The third-order valence-corrected chi connectivity index (χ3v) is 6.00. The summed E-state index contributed by atoms with van der Waals surface area (Å²) < 4.78 is 11.0. The molecule has 190 valence electrons. The number of halogens is 1. The van der Waals surface area contributed by atoms with Crippen LogP contribution in [0.15, 0.2) is 54.1 Å². The van der Waals surface area contributed by atoms with E-state index in [-0.39, 0.29) is 29.8 Å². The first-order valence-electron chi connectivity index (χ1n) is 11.7. The van der Waals surface area contributed by atoms with Gasteiger partial charge in [0.1, 0.15) is 17.3 Å². The molecule has 0 aromatic heterocycles. The highest BCUT2D eigenvalue weighted by Gasteiger charge is 2.46. The van der Waals surface area contributed by atoms with Crippen LogP contribution in [0.1, 0.15) is 44.9 Å². The van der Waals surface area contributed by atoms with Crippen LogP contribution in [0.2, 0.25) is 0 Å². The Morgan fingerprint density at radius 3 is 2.29 bits per heavy atom. The van der Waals surface area contributed by atoms with Gasteiger partial charge in [0.25, 0.3) is 11.7 Å². The summed E-state index contributed by atoms with van der Waals surface area (Å²) >= 11 is 0. The molecular weight excluding hydrogens is 468 g/mol. The van der Waals surface area contributed by atoms with Gasteiger partial charge in [-0.2, -0.15) is 0 Å². The van der Waals surface area contributed by atoms with Crippen molar-refractivity contribution in [3.63, 3.8) is 0 Å². The van der Waals surface area contributed by atoms with Gasteiger partial charge in [0.2, 0.25) is 0 Å². The summed E-state index contributed by atoms with van der Waals surface area (Å²) in [5.41, 5.74) is 1.24. The molecule has 7 nitrogen and oxygen atoms in total. The first-order chi connectivity index (χ1) is 16.3. The molecule has 0 saturated carbocycles. The number of ketones is 1. The van der Waals surface area contributed by atoms with Crippen LogP contribution in [-0.2, 0) is 9.59 Å². The molecule has 1 fully saturated rings. The maximum absolute atomic E-state index is 13.2. The van der Waals surface area contributed by atoms with Crippen molar-refractivity contribution in [3.8, 4) is 11.5 Å². The van der Waals surface area contributed by atoms with Gasteiger partial charge in [-0.1, -0.05) is 26.0 Å². The molecule has 0 bridgehead atoms. The maximum Gasteiger partial charge on any atom is 0.295 e. The topological polar surface area (TPSA) is 79.3 Å². The van der Waals surface area contributed by atoms with Crippen molar-refractivity contribution in [2.75, 3.05) is 33.3 Å². The van der Waals surface area contributed by atoms with E-state index in [1.54, 1.807) is 48.4 Å². The summed E-state index contributed by atoms with van der Waals surface area (Å²) in [4.78, 5) is 30.0. The number of methoxy groups -OCH3 is 1. The minimum Gasteiger partial charge on any atom is -0.507 e. The molecule has 3 rings (SSSR count). The molecule has 8 heteroatoms. The monoisotopic (exact) mass is 502 g/mol. The van der Waals surface area contributed by atoms with Crippen LogP contribution in [0.5, 0.6) is 11.5 Å². The van der Waals surface area contributed by atoms with E-state index >= 15 is 0 Å². The van der Waals surface area contributed by atoms with Gasteiger partial charge in [0.15, 0.2) is 0 Å². The number of Topliss-reactive ketones (excluding diaryl/α,β-unsaturated/α-hetero) is 1. The minimum absolute atomic E-state index is 0. The lowest BCUT2D eigenvalue weighted by Gasteiger charge is -2.28. The number of aliphatic hydroxyl groups excluding tert-OH is 1. The molecule has 0 aliphatic carbocycles. The summed E-state index contributed by atoms with van der Waals surface area (Å²) in [6.07, 6.45) is 0.0173. The number of hydrogen-bond acceptors (Lipinski definition) is 6. The zero-order chi connectivity index (χ0) is 24.8. The Kier molecular flexibility index (Phi) is 10.2. The molecule has 1 heterocycles. The molecule has 0 spiro atoms. The Morgan fingerprint density at radius 1 is 1.06 bits per heavy atom. The van der Waals surface area contributed by atoms with E-state index in [0.29, 0.717) is 35.7 Å². The predicted octanol–water partition coefficient (Wildman–Crippen LogP) is 4.67. The van der Waals surface area contributed by atoms with Crippen molar-refractivity contribution in [1.29, 1.82) is 0 Å². The fourth-order valence-electron chi connectivity index (χ4n) is 4.18. The van der Waals surface area contributed by atoms with Crippen LogP contribution in [0.3, 0.4) is 0 Å². The molecule has 1 N–H and O–H groups in total. The fraction of sp³-hybridized carbons (Fsp3) is 0.407. The molecule has 1 aliphatic heterocycles. The van der Waals surface area contributed by atoms with Crippen LogP contribution in [0, 0.1) is 0 Å². The van der Waals surface area contributed by atoms with E-state index in [9.17, 15) is 14.7 Å². The van der Waals surface area contributed by atoms with Crippen LogP contribution in [0.25, 0.3) is 5.76 Å². The van der Waals surface area contributed by atoms with Gasteiger partial charge in [-0.3, -0.25) is 9.59 Å². The Balaban J connectivity index is 0.00000432. The molecule has 2 aromatic rings. The Bertz CT molecular complexity index is 1050. The number of aliphatic hydroxyl groups is 1. The van der Waals surface area contributed by atoms with Crippen LogP contribution < -0.4 is 9.47 Å². The summed E-state index contributed by atoms with van der Waals surface area (Å²) in [7, 11) is 1.57. The highest BCUT2D eigenvalue weighted by atomic mass is 35.5. The molecule has 1 saturated heterocycles. The Hall–Kier alpha value is -3.03. The number of rotatable bonds is 10. The fourth-order valence-corrected chi connectivity index (χ4v) is 4.18. The number of likely N-dealkylation sites (N-methyl/N-ethyl adjacent to an activating group) is 1. The standard InChI is InChI=1S/C27H34N2O5.ClH/c1-6-28(7-2)15-16-29-24(20-9-8-10-22(17-20)33-5)23(26(31)27(29)32)25(30)19-11-13-21(14-12-19)34-18(3)4;/h8-14,17-18,24,30H,6-7,15-16H2,1-5H3;1H. The van der Waals surface area contributed by atoms with Crippen molar-refractivity contribution >= 4 is 29.9 Å². The number of carbonyl (C=O) groups is 2. The number of benzene rings is 2. The predicted molar refractivity (Wildman–Crippen MR) is 139 cm³/mol. The highest BCUT2D eigenvalue weighted by molar-refractivity contribution is 6.46. The molecule has 0 radical (unpaired) electrons. The van der Waals surface area contributed by atoms with Crippen molar-refractivity contribution < 1.29 is 24.2 Å². The van der Waals surface area contributed by atoms with E-state index in [1.165, 1.54) is 0 Å². The van der Waals surface area contributed by atoms with Crippen LogP contribution in [-0.4, -0.2) is 66.0 Å². The van der Waals surface area contributed by atoms with Gasteiger partial charge in [0.05, 0.1) is 24.8 Å². The number of amides is 1. The minimum atomic E-state index is -0.711. The van der Waals surface area contributed by atoms with Crippen molar-refractivity contribution in [1.82, 2.24) is 9.80 Å². The summed E-state index contributed by atoms with van der Waals surface area (Å²) in [5, 5.41) is 11.2. The Morgan fingerprint density at radius 2 is 1.71 bits per heavy atom. The number of hydrogen-bond donors (Lipinski definition) is 1. The SMILES string of the molecule is CCN(CC)CCN1C(=O)C(=O)C(=C(O)c2ccc(OC(C)C)cc2)C1c1cccc(OC)c1.Cl. The molecule has 35 heavy (non-hydrogen) atoms. The summed E-state index contributed by atoms with van der Waals surface area (Å²) in [6, 6.07) is 13.4. The average molecular weight is 503 g/mol. The van der Waals surface area contributed by atoms with Crippen molar-refractivity contribution in [2.45, 2.75) is 39.8 Å². The van der Waals surface area contributed by atoms with E-state index < -0.39 is 17.7 Å². The normalized spacial score (nSPS) is 17.1. The van der Waals surface area contributed by atoms with E-state index in [4.69, 9.17) is 9.47 Å². The first-order valence-corrected chi connectivity index (χ1v) is 11.7. The van der Waals surface area contributed by atoms with Crippen LogP contribution >= 0.6 is 12.4 Å². The number of likely N-dealkylation sites (tertiary alicyclic amines) is 1. The third kappa shape index (κ3) is 6.35. The molecule has 1 unspecified atom stereocenters. The summed E-state index contributed by atoms with van der Waals surface area (Å²) in [5.74, 6) is -0.223. The maximum atomic E-state index is 13.2. The smallest absolute Gasteiger partial charge is 0.295 e. The van der Waals surface area contributed by atoms with Gasteiger partial charge in [0, 0.05) is 18.7 Å². The largest absolute Gasteiger partial charge is 0.507 e. The van der Waals surface area contributed by atoms with Gasteiger partial charge in [-0.15, -0.1) is 12.4 Å². The van der Waals surface area contributed by atoms with Gasteiger partial charge in [-0.25, -0.2) is 0 Å². The van der Waals surface area contributed by atoms with Gasteiger partial charge in [-0.05, 0) is 68.9 Å². The summed E-state index contributed by atoms with van der Waals surface area (Å²) in [6.45, 7) is 10.7. The molecule has 1 atom stereocenters. The van der Waals surface area contributed by atoms with E-state index in [1.807, 2.05) is 26.0 Å². The zero-order valence-corrected chi connectivity index (χ0v) is 21.8. The number of carbonyl (C=O) groups excluding carboxylic acids is 2. The lowest BCUT2D eigenvalue weighted by Crippen LogP contribution is -2.38. The number of ether oxygens (including phenoxy) is 2. The highest BCUT2D eigenvalue weighted by Crippen LogP contribution is 2.40. The Labute approximate surface area is 213 Å².